The number of amides is 1. The summed E-state index contributed by atoms with van der Waals surface area (Å²) in [5.74, 6) is 0. The number of aliphatic hydroxyl groups is 2. The van der Waals surface area contributed by atoms with E-state index >= 15 is 0 Å². The van der Waals surface area contributed by atoms with Crippen molar-refractivity contribution < 1.29 is 19.7 Å². The Bertz CT molecular complexity index is 419. The third kappa shape index (κ3) is 5.42. The molecule has 5 nitrogen and oxygen atoms in total. The standard InChI is InChI=1S/C15H21NO4/c1-3-7-13(18)14(11(2)17)16-15(19)20-10-12-8-5-4-6-9-12/h3-6,8-9,11,13-14,17-18H,1,7,10H2,2H3,(H,16,19)/t11-,13-,14+/m0/s1. The van der Waals surface area contributed by atoms with Crippen LogP contribution in [-0.4, -0.2) is 34.6 Å². The van der Waals surface area contributed by atoms with Gasteiger partial charge in [-0.1, -0.05) is 36.4 Å². The lowest BCUT2D eigenvalue weighted by Crippen LogP contribution is -2.49. The largest absolute Gasteiger partial charge is 0.445 e. The monoisotopic (exact) mass is 279 g/mol. The summed E-state index contributed by atoms with van der Waals surface area (Å²) < 4.78 is 5.04. The SMILES string of the molecule is C=CC[C@H](O)[C@H](NC(=O)OCc1ccccc1)[C@H](C)O. The molecule has 0 bridgehead atoms. The Morgan fingerprint density at radius 3 is 2.60 bits per heavy atom. The Balaban J connectivity index is 2.48. The maximum absolute atomic E-state index is 11.7. The van der Waals surface area contributed by atoms with Crippen LogP contribution in [-0.2, 0) is 11.3 Å². The first-order valence-electron chi connectivity index (χ1n) is 6.48. The fourth-order valence-corrected chi connectivity index (χ4v) is 1.76. The molecule has 5 heteroatoms. The minimum absolute atomic E-state index is 0.136. The van der Waals surface area contributed by atoms with E-state index in [9.17, 15) is 15.0 Å². The average molecular weight is 279 g/mol. The highest BCUT2D eigenvalue weighted by Crippen LogP contribution is 2.06. The van der Waals surface area contributed by atoms with E-state index in [2.05, 4.69) is 11.9 Å². The van der Waals surface area contributed by atoms with E-state index in [0.29, 0.717) is 0 Å². The highest BCUT2D eigenvalue weighted by atomic mass is 16.5. The number of alkyl carbamates (subject to hydrolysis) is 1. The van der Waals surface area contributed by atoms with Crippen molar-refractivity contribution in [2.75, 3.05) is 0 Å². The predicted molar refractivity (Wildman–Crippen MR) is 76.1 cm³/mol. The molecule has 0 saturated heterocycles. The second-order valence-electron chi connectivity index (χ2n) is 4.56. The van der Waals surface area contributed by atoms with Gasteiger partial charge in [-0.2, -0.15) is 0 Å². The van der Waals surface area contributed by atoms with Gasteiger partial charge in [-0.05, 0) is 18.9 Å². The van der Waals surface area contributed by atoms with Gasteiger partial charge in [0.2, 0.25) is 0 Å². The van der Waals surface area contributed by atoms with Crippen LogP contribution in [0.25, 0.3) is 0 Å². The van der Waals surface area contributed by atoms with Crippen molar-refractivity contribution >= 4 is 6.09 Å². The van der Waals surface area contributed by atoms with Crippen molar-refractivity contribution in [1.82, 2.24) is 5.32 Å². The molecule has 0 heterocycles. The fourth-order valence-electron chi connectivity index (χ4n) is 1.76. The van der Waals surface area contributed by atoms with Gasteiger partial charge in [0, 0.05) is 0 Å². The smallest absolute Gasteiger partial charge is 0.407 e. The molecule has 0 radical (unpaired) electrons. The molecule has 1 aromatic rings. The summed E-state index contributed by atoms with van der Waals surface area (Å²) in [5, 5.41) is 21.9. The molecule has 0 unspecified atom stereocenters. The van der Waals surface area contributed by atoms with Crippen LogP contribution in [0.3, 0.4) is 0 Å². The number of nitrogens with one attached hydrogen (secondary N) is 1. The molecule has 0 aliphatic heterocycles. The summed E-state index contributed by atoms with van der Waals surface area (Å²) in [6, 6.07) is 8.46. The number of ether oxygens (including phenoxy) is 1. The van der Waals surface area contributed by atoms with Crippen molar-refractivity contribution in [3.63, 3.8) is 0 Å². The van der Waals surface area contributed by atoms with Gasteiger partial charge in [0.1, 0.15) is 6.61 Å². The predicted octanol–water partition coefficient (Wildman–Crippen LogP) is 1.60. The number of carbonyl (C=O) groups excluding carboxylic acids is 1. The van der Waals surface area contributed by atoms with E-state index in [1.807, 2.05) is 30.3 Å². The van der Waals surface area contributed by atoms with E-state index in [1.54, 1.807) is 0 Å². The summed E-state index contributed by atoms with van der Waals surface area (Å²) in [7, 11) is 0. The van der Waals surface area contributed by atoms with Crippen molar-refractivity contribution in [3.8, 4) is 0 Å². The molecule has 20 heavy (non-hydrogen) atoms. The van der Waals surface area contributed by atoms with Crippen LogP contribution < -0.4 is 5.32 Å². The highest BCUT2D eigenvalue weighted by Gasteiger charge is 2.25. The molecule has 0 aromatic heterocycles. The van der Waals surface area contributed by atoms with E-state index in [1.165, 1.54) is 13.0 Å². The van der Waals surface area contributed by atoms with Gasteiger partial charge in [0.05, 0.1) is 18.2 Å². The second kappa shape index (κ2) is 8.35. The number of rotatable bonds is 7. The van der Waals surface area contributed by atoms with Gasteiger partial charge in [0.15, 0.2) is 0 Å². The highest BCUT2D eigenvalue weighted by molar-refractivity contribution is 5.67. The van der Waals surface area contributed by atoms with E-state index < -0.39 is 24.3 Å². The topological polar surface area (TPSA) is 78.8 Å². The zero-order valence-electron chi connectivity index (χ0n) is 11.5. The number of aliphatic hydroxyl groups excluding tert-OH is 2. The normalized spacial score (nSPS) is 14.9. The molecule has 0 spiro atoms. The lowest BCUT2D eigenvalue weighted by Gasteiger charge is -2.25. The van der Waals surface area contributed by atoms with Gasteiger partial charge in [-0.3, -0.25) is 0 Å². The molecule has 0 saturated carbocycles. The summed E-state index contributed by atoms with van der Waals surface area (Å²) in [4.78, 5) is 11.7. The maximum atomic E-state index is 11.7. The Morgan fingerprint density at radius 2 is 2.05 bits per heavy atom. The van der Waals surface area contributed by atoms with Crippen LogP contribution >= 0.6 is 0 Å². The van der Waals surface area contributed by atoms with Crippen molar-refractivity contribution in [2.45, 2.75) is 38.2 Å². The Labute approximate surface area is 118 Å². The molecule has 3 atom stereocenters. The summed E-state index contributed by atoms with van der Waals surface area (Å²) in [6.45, 7) is 5.14. The summed E-state index contributed by atoms with van der Waals surface area (Å²) in [6.07, 6.45) is -0.681. The molecule has 1 aromatic carbocycles. The molecule has 0 aliphatic carbocycles. The van der Waals surface area contributed by atoms with Crippen molar-refractivity contribution in [3.05, 3.63) is 48.6 Å². The molecule has 0 aliphatic rings. The van der Waals surface area contributed by atoms with Gasteiger partial charge in [-0.15, -0.1) is 6.58 Å². The quantitative estimate of drug-likeness (QED) is 0.662. The molecule has 1 amide bonds. The van der Waals surface area contributed by atoms with Crippen LogP contribution in [0.4, 0.5) is 4.79 Å². The second-order valence-corrected chi connectivity index (χ2v) is 4.56. The van der Waals surface area contributed by atoms with E-state index in [4.69, 9.17) is 4.74 Å². The van der Waals surface area contributed by atoms with Gasteiger partial charge < -0.3 is 20.3 Å². The van der Waals surface area contributed by atoms with Gasteiger partial charge >= 0.3 is 6.09 Å². The number of hydrogen-bond acceptors (Lipinski definition) is 4. The number of benzene rings is 1. The number of carbonyl (C=O) groups is 1. The Morgan fingerprint density at radius 1 is 1.40 bits per heavy atom. The molecular formula is C15H21NO4. The van der Waals surface area contributed by atoms with E-state index in [-0.39, 0.29) is 13.0 Å². The van der Waals surface area contributed by atoms with Crippen molar-refractivity contribution in [1.29, 1.82) is 0 Å². The maximum Gasteiger partial charge on any atom is 0.407 e. The molecule has 0 fully saturated rings. The molecule has 1 rings (SSSR count). The van der Waals surface area contributed by atoms with Gasteiger partial charge in [-0.25, -0.2) is 4.79 Å². The molecule has 3 N–H and O–H groups in total. The third-order valence-corrected chi connectivity index (χ3v) is 2.84. The van der Waals surface area contributed by atoms with E-state index in [0.717, 1.165) is 5.56 Å². The molecular weight excluding hydrogens is 258 g/mol. The average Bonchev–Trinajstić information content (AvgIpc) is 2.43. The Hall–Kier alpha value is -1.85. The summed E-state index contributed by atoms with van der Waals surface area (Å²) in [5.41, 5.74) is 0.864. The zero-order valence-corrected chi connectivity index (χ0v) is 11.5. The van der Waals surface area contributed by atoms with Crippen molar-refractivity contribution in [2.24, 2.45) is 0 Å². The number of hydrogen-bond donors (Lipinski definition) is 3. The lowest BCUT2D eigenvalue weighted by molar-refractivity contribution is 0.0426. The van der Waals surface area contributed by atoms with Crippen LogP contribution in [0, 0.1) is 0 Å². The first kappa shape index (κ1) is 16.2. The van der Waals surface area contributed by atoms with Crippen LogP contribution in [0.2, 0.25) is 0 Å². The van der Waals surface area contributed by atoms with Gasteiger partial charge in [0.25, 0.3) is 0 Å². The third-order valence-electron chi connectivity index (χ3n) is 2.84. The molecule has 110 valence electrons. The Kier molecular flexibility index (Phi) is 6.76. The first-order valence-corrected chi connectivity index (χ1v) is 6.48. The minimum atomic E-state index is -0.906. The first-order chi connectivity index (χ1) is 9.54. The summed E-state index contributed by atoms with van der Waals surface area (Å²) >= 11 is 0. The fraction of sp³-hybridized carbons (Fsp3) is 0.400. The van der Waals surface area contributed by atoms with Crippen LogP contribution in [0.1, 0.15) is 18.9 Å². The minimum Gasteiger partial charge on any atom is -0.445 e. The van der Waals surface area contributed by atoms with Crippen LogP contribution in [0.15, 0.2) is 43.0 Å². The zero-order chi connectivity index (χ0) is 15.0. The van der Waals surface area contributed by atoms with Crippen LogP contribution in [0.5, 0.6) is 0 Å². The lowest BCUT2D eigenvalue weighted by atomic mass is 10.0.